The highest BCUT2D eigenvalue weighted by Crippen LogP contribution is 2.25. The van der Waals surface area contributed by atoms with E-state index in [1.807, 2.05) is 31.2 Å². The zero-order valence-electron chi connectivity index (χ0n) is 12.2. The lowest BCUT2D eigenvalue weighted by Crippen LogP contribution is -2.02. The fraction of sp³-hybridized carbons (Fsp3) is 0.111. The summed E-state index contributed by atoms with van der Waals surface area (Å²) >= 11 is 0. The SMILES string of the molecule is Cc1cc(NCc2ccccc2)c2ccc(C(=O)O)cc2n1. The van der Waals surface area contributed by atoms with Crippen molar-refractivity contribution in [2.24, 2.45) is 0 Å². The van der Waals surface area contributed by atoms with Gasteiger partial charge in [0.2, 0.25) is 0 Å². The molecule has 2 aromatic carbocycles. The number of hydrogen-bond acceptors (Lipinski definition) is 3. The van der Waals surface area contributed by atoms with Crippen molar-refractivity contribution in [3.8, 4) is 0 Å². The van der Waals surface area contributed by atoms with Gasteiger partial charge in [-0.25, -0.2) is 4.79 Å². The Balaban J connectivity index is 1.96. The second-order valence-electron chi connectivity index (χ2n) is 5.19. The zero-order valence-corrected chi connectivity index (χ0v) is 12.2. The van der Waals surface area contributed by atoms with Crippen LogP contribution in [0.2, 0.25) is 0 Å². The van der Waals surface area contributed by atoms with Crippen molar-refractivity contribution in [3.05, 3.63) is 71.4 Å². The molecule has 3 rings (SSSR count). The van der Waals surface area contributed by atoms with Crippen LogP contribution in [0.15, 0.2) is 54.6 Å². The van der Waals surface area contributed by atoms with Crippen LogP contribution in [-0.2, 0) is 6.54 Å². The lowest BCUT2D eigenvalue weighted by molar-refractivity contribution is 0.0697. The van der Waals surface area contributed by atoms with E-state index in [4.69, 9.17) is 5.11 Å². The van der Waals surface area contributed by atoms with Crippen LogP contribution in [0.5, 0.6) is 0 Å². The Morgan fingerprint density at radius 1 is 1.14 bits per heavy atom. The van der Waals surface area contributed by atoms with E-state index in [0.717, 1.165) is 16.8 Å². The summed E-state index contributed by atoms with van der Waals surface area (Å²) in [5.41, 5.74) is 3.94. The molecule has 0 bridgehead atoms. The maximum Gasteiger partial charge on any atom is 0.335 e. The molecule has 110 valence electrons. The third-order valence-electron chi connectivity index (χ3n) is 3.51. The molecule has 0 aliphatic heterocycles. The number of carbonyl (C=O) groups is 1. The number of hydrogen-bond donors (Lipinski definition) is 2. The van der Waals surface area contributed by atoms with Gasteiger partial charge in [0, 0.05) is 23.3 Å². The topological polar surface area (TPSA) is 62.2 Å². The number of anilines is 1. The minimum atomic E-state index is -0.941. The van der Waals surface area contributed by atoms with Gasteiger partial charge >= 0.3 is 5.97 Å². The standard InChI is InChI=1S/C18H16N2O2/c1-12-9-16(19-11-13-5-3-2-4-6-13)15-8-7-14(18(21)22)10-17(15)20-12/h2-10H,11H2,1H3,(H,19,20)(H,21,22). The minimum absolute atomic E-state index is 0.250. The van der Waals surface area contributed by atoms with Gasteiger partial charge in [-0.1, -0.05) is 30.3 Å². The van der Waals surface area contributed by atoms with Crippen LogP contribution in [-0.4, -0.2) is 16.1 Å². The van der Waals surface area contributed by atoms with Gasteiger partial charge in [-0.3, -0.25) is 4.98 Å². The van der Waals surface area contributed by atoms with Gasteiger partial charge in [0.15, 0.2) is 0 Å². The molecule has 3 aromatic rings. The van der Waals surface area contributed by atoms with E-state index < -0.39 is 5.97 Å². The van der Waals surface area contributed by atoms with E-state index in [1.165, 1.54) is 5.56 Å². The number of carboxylic acids is 1. The van der Waals surface area contributed by atoms with Crippen molar-refractivity contribution >= 4 is 22.6 Å². The van der Waals surface area contributed by atoms with Gasteiger partial charge in [-0.2, -0.15) is 0 Å². The molecule has 0 fully saturated rings. The van der Waals surface area contributed by atoms with E-state index in [0.29, 0.717) is 12.1 Å². The molecule has 0 spiro atoms. The van der Waals surface area contributed by atoms with E-state index in [1.54, 1.807) is 18.2 Å². The maximum atomic E-state index is 11.1. The Morgan fingerprint density at radius 2 is 1.91 bits per heavy atom. The van der Waals surface area contributed by atoms with Crippen molar-refractivity contribution < 1.29 is 9.90 Å². The van der Waals surface area contributed by atoms with Gasteiger partial charge in [-0.05, 0) is 36.8 Å². The minimum Gasteiger partial charge on any atom is -0.478 e. The third kappa shape index (κ3) is 2.91. The molecule has 0 saturated carbocycles. The number of aromatic nitrogens is 1. The van der Waals surface area contributed by atoms with Crippen LogP contribution in [0.3, 0.4) is 0 Å². The highest BCUT2D eigenvalue weighted by molar-refractivity contribution is 5.97. The third-order valence-corrected chi connectivity index (χ3v) is 3.51. The van der Waals surface area contributed by atoms with Gasteiger partial charge in [0.05, 0.1) is 11.1 Å². The maximum absolute atomic E-state index is 11.1. The molecule has 1 aromatic heterocycles. The van der Waals surface area contributed by atoms with Gasteiger partial charge in [-0.15, -0.1) is 0 Å². The van der Waals surface area contributed by atoms with Crippen LogP contribution in [0, 0.1) is 6.92 Å². The van der Waals surface area contributed by atoms with Crippen molar-refractivity contribution in [2.75, 3.05) is 5.32 Å². The predicted octanol–water partition coefficient (Wildman–Crippen LogP) is 3.85. The second-order valence-corrected chi connectivity index (χ2v) is 5.19. The Bertz CT molecular complexity index is 829. The number of benzene rings is 2. The first-order chi connectivity index (χ1) is 10.6. The molecule has 0 radical (unpaired) electrons. The lowest BCUT2D eigenvalue weighted by Gasteiger charge is -2.11. The van der Waals surface area contributed by atoms with Crippen LogP contribution in [0.1, 0.15) is 21.6 Å². The number of fused-ring (bicyclic) bond motifs is 1. The first kappa shape index (κ1) is 14.1. The van der Waals surface area contributed by atoms with Crippen LogP contribution < -0.4 is 5.32 Å². The molecular formula is C18H16N2O2. The lowest BCUT2D eigenvalue weighted by atomic mass is 10.1. The van der Waals surface area contributed by atoms with Crippen LogP contribution >= 0.6 is 0 Å². The molecule has 0 unspecified atom stereocenters. The summed E-state index contributed by atoms with van der Waals surface area (Å²) in [6.45, 7) is 2.61. The highest BCUT2D eigenvalue weighted by atomic mass is 16.4. The molecule has 0 aliphatic carbocycles. The molecule has 1 heterocycles. The van der Waals surface area contributed by atoms with Crippen LogP contribution in [0.4, 0.5) is 5.69 Å². The number of pyridine rings is 1. The van der Waals surface area contributed by atoms with Gasteiger partial charge in [0.25, 0.3) is 0 Å². The molecule has 4 heteroatoms. The highest BCUT2D eigenvalue weighted by Gasteiger charge is 2.08. The summed E-state index contributed by atoms with van der Waals surface area (Å²) in [7, 11) is 0. The Labute approximate surface area is 128 Å². The number of carboxylic acid groups (broad SMARTS) is 1. The van der Waals surface area contributed by atoms with Crippen molar-refractivity contribution in [2.45, 2.75) is 13.5 Å². The molecule has 0 aliphatic rings. The number of aromatic carboxylic acids is 1. The summed E-state index contributed by atoms with van der Waals surface area (Å²) in [4.78, 5) is 15.5. The summed E-state index contributed by atoms with van der Waals surface area (Å²) in [6.07, 6.45) is 0. The fourth-order valence-corrected chi connectivity index (χ4v) is 2.43. The van der Waals surface area contributed by atoms with E-state index in [9.17, 15) is 4.79 Å². The van der Waals surface area contributed by atoms with E-state index in [2.05, 4.69) is 22.4 Å². The molecule has 4 nitrogen and oxygen atoms in total. The van der Waals surface area contributed by atoms with E-state index in [-0.39, 0.29) is 5.56 Å². The van der Waals surface area contributed by atoms with Crippen molar-refractivity contribution in [1.29, 1.82) is 0 Å². The molecule has 2 N–H and O–H groups in total. The van der Waals surface area contributed by atoms with Gasteiger partial charge < -0.3 is 10.4 Å². The summed E-state index contributed by atoms with van der Waals surface area (Å²) in [6, 6.07) is 17.1. The molecule has 0 amide bonds. The Morgan fingerprint density at radius 3 is 2.64 bits per heavy atom. The first-order valence-corrected chi connectivity index (χ1v) is 7.06. The monoisotopic (exact) mass is 292 g/mol. The Hall–Kier alpha value is -2.88. The normalized spacial score (nSPS) is 10.6. The molecular weight excluding hydrogens is 276 g/mol. The number of nitrogens with zero attached hydrogens (tertiary/aromatic N) is 1. The smallest absolute Gasteiger partial charge is 0.335 e. The van der Waals surface area contributed by atoms with Crippen molar-refractivity contribution in [3.63, 3.8) is 0 Å². The summed E-state index contributed by atoms with van der Waals surface area (Å²) in [5.74, 6) is -0.941. The zero-order chi connectivity index (χ0) is 15.5. The Kier molecular flexibility index (Phi) is 3.74. The number of rotatable bonds is 4. The largest absolute Gasteiger partial charge is 0.478 e. The van der Waals surface area contributed by atoms with Crippen molar-refractivity contribution in [1.82, 2.24) is 4.98 Å². The first-order valence-electron chi connectivity index (χ1n) is 7.06. The number of aryl methyl sites for hydroxylation is 1. The average Bonchev–Trinajstić information content (AvgIpc) is 2.52. The molecule has 0 atom stereocenters. The fourth-order valence-electron chi connectivity index (χ4n) is 2.43. The quantitative estimate of drug-likeness (QED) is 0.766. The average molecular weight is 292 g/mol. The predicted molar refractivity (Wildman–Crippen MR) is 87.2 cm³/mol. The van der Waals surface area contributed by atoms with E-state index >= 15 is 0 Å². The number of nitrogens with one attached hydrogen (secondary N) is 1. The summed E-state index contributed by atoms with van der Waals surface area (Å²) in [5, 5.41) is 13.4. The van der Waals surface area contributed by atoms with Gasteiger partial charge in [0.1, 0.15) is 0 Å². The second kappa shape index (κ2) is 5.85. The summed E-state index contributed by atoms with van der Waals surface area (Å²) < 4.78 is 0. The molecule has 22 heavy (non-hydrogen) atoms. The molecule has 0 saturated heterocycles. The van der Waals surface area contributed by atoms with Crippen LogP contribution in [0.25, 0.3) is 10.9 Å².